The van der Waals surface area contributed by atoms with Gasteiger partial charge in [-0.25, -0.2) is 0 Å². The first kappa shape index (κ1) is 12.9. The van der Waals surface area contributed by atoms with Crippen molar-refractivity contribution in [1.82, 2.24) is 4.98 Å². The molecule has 1 heteroatoms. The highest BCUT2D eigenvalue weighted by Gasteiger charge is 2.12. The number of benzene rings is 2. The second-order valence-corrected chi connectivity index (χ2v) is 5.58. The van der Waals surface area contributed by atoms with E-state index >= 15 is 0 Å². The Balaban J connectivity index is 2.34. The lowest BCUT2D eigenvalue weighted by molar-refractivity contribution is 0.868. The molecule has 2 aromatic carbocycles. The van der Waals surface area contributed by atoms with Gasteiger partial charge in [0.05, 0.1) is 5.69 Å². The fourth-order valence-corrected chi connectivity index (χ4v) is 2.76. The Labute approximate surface area is 120 Å². The maximum Gasteiger partial charge on any atom is 0.0783 e. The van der Waals surface area contributed by atoms with E-state index < -0.39 is 0 Å². The molecule has 100 valence electrons. The minimum absolute atomic E-state index is 0.494. The summed E-state index contributed by atoms with van der Waals surface area (Å²) in [6.07, 6.45) is 1.98. The molecule has 0 aliphatic carbocycles. The van der Waals surface area contributed by atoms with Crippen molar-refractivity contribution in [2.45, 2.75) is 26.7 Å². The maximum atomic E-state index is 4.72. The van der Waals surface area contributed by atoms with E-state index in [9.17, 15) is 0 Å². The molecule has 0 unspecified atom stereocenters. The molecule has 1 aromatic heterocycles. The molecule has 3 aromatic rings. The van der Waals surface area contributed by atoms with Gasteiger partial charge in [0.25, 0.3) is 0 Å². The zero-order valence-corrected chi connectivity index (χ0v) is 12.2. The van der Waals surface area contributed by atoms with Crippen LogP contribution in [0.1, 0.15) is 30.9 Å². The van der Waals surface area contributed by atoms with Crippen molar-refractivity contribution in [3.63, 3.8) is 0 Å². The van der Waals surface area contributed by atoms with Crippen LogP contribution in [0.5, 0.6) is 0 Å². The molecule has 0 fully saturated rings. The minimum Gasteiger partial charge on any atom is -0.255 e. The summed E-state index contributed by atoms with van der Waals surface area (Å²) in [6, 6.07) is 17.1. The molecule has 0 aliphatic rings. The summed E-state index contributed by atoms with van der Waals surface area (Å²) in [5.74, 6) is 0.494. The van der Waals surface area contributed by atoms with Crippen molar-refractivity contribution in [2.24, 2.45) is 0 Å². The summed E-state index contributed by atoms with van der Waals surface area (Å²) in [5.41, 5.74) is 4.93. The van der Waals surface area contributed by atoms with E-state index in [1.165, 1.54) is 27.5 Å². The molecule has 0 amide bonds. The Morgan fingerprint density at radius 1 is 0.850 bits per heavy atom. The average molecular weight is 261 g/mol. The summed E-state index contributed by atoms with van der Waals surface area (Å²) in [4.78, 5) is 4.72. The van der Waals surface area contributed by atoms with Gasteiger partial charge in [0, 0.05) is 17.1 Å². The van der Waals surface area contributed by atoms with E-state index in [-0.39, 0.29) is 0 Å². The number of nitrogens with zero attached hydrogens (tertiary/aromatic N) is 1. The second-order valence-electron chi connectivity index (χ2n) is 5.58. The first-order valence-electron chi connectivity index (χ1n) is 7.12. The second kappa shape index (κ2) is 5.09. The van der Waals surface area contributed by atoms with Crippen molar-refractivity contribution >= 4 is 10.8 Å². The molecule has 0 bridgehead atoms. The Bertz CT molecular complexity index is 757. The van der Waals surface area contributed by atoms with Crippen molar-refractivity contribution in [3.8, 4) is 11.3 Å². The SMILES string of the molecule is Cc1cnc(-c2ccccc2C(C)C)c2ccccc12. The summed E-state index contributed by atoms with van der Waals surface area (Å²) in [6.45, 7) is 6.58. The number of fused-ring (bicyclic) bond motifs is 1. The van der Waals surface area contributed by atoms with Crippen LogP contribution in [0.25, 0.3) is 22.0 Å². The lowest BCUT2D eigenvalue weighted by Crippen LogP contribution is -1.95. The van der Waals surface area contributed by atoms with Gasteiger partial charge in [0.1, 0.15) is 0 Å². The van der Waals surface area contributed by atoms with Crippen molar-refractivity contribution in [3.05, 3.63) is 65.9 Å². The van der Waals surface area contributed by atoms with Crippen LogP contribution in [-0.4, -0.2) is 4.98 Å². The third-order valence-corrected chi connectivity index (χ3v) is 3.83. The predicted octanol–water partition coefficient (Wildman–Crippen LogP) is 5.33. The lowest BCUT2D eigenvalue weighted by Gasteiger charge is -2.14. The van der Waals surface area contributed by atoms with Crippen LogP contribution in [0, 0.1) is 6.92 Å². The highest BCUT2D eigenvalue weighted by atomic mass is 14.7. The van der Waals surface area contributed by atoms with Gasteiger partial charge in [-0.1, -0.05) is 62.4 Å². The molecule has 0 aliphatic heterocycles. The van der Waals surface area contributed by atoms with Crippen LogP contribution in [0.15, 0.2) is 54.7 Å². The molecule has 0 radical (unpaired) electrons. The molecule has 3 rings (SSSR count). The van der Waals surface area contributed by atoms with Gasteiger partial charge in [-0.2, -0.15) is 0 Å². The number of pyridine rings is 1. The van der Waals surface area contributed by atoms with Gasteiger partial charge in [0.15, 0.2) is 0 Å². The zero-order chi connectivity index (χ0) is 14.1. The Kier molecular flexibility index (Phi) is 3.27. The van der Waals surface area contributed by atoms with E-state index in [0.29, 0.717) is 5.92 Å². The highest BCUT2D eigenvalue weighted by molar-refractivity contribution is 5.96. The van der Waals surface area contributed by atoms with Gasteiger partial charge in [-0.3, -0.25) is 4.98 Å². The van der Waals surface area contributed by atoms with E-state index in [2.05, 4.69) is 69.3 Å². The van der Waals surface area contributed by atoms with Crippen LogP contribution in [0.2, 0.25) is 0 Å². The van der Waals surface area contributed by atoms with Crippen LogP contribution in [0.3, 0.4) is 0 Å². The third-order valence-electron chi connectivity index (χ3n) is 3.83. The Morgan fingerprint density at radius 3 is 2.25 bits per heavy atom. The van der Waals surface area contributed by atoms with E-state index in [4.69, 9.17) is 4.98 Å². The standard InChI is InChI=1S/C19H19N/c1-13(2)15-8-4-6-10-17(15)19-18-11-7-5-9-16(18)14(3)12-20-19/h4-13H,1-3H3. The number of aromatic nitrogens is 1. The Morgan fingerprint density at radius 2 is 1.50 bits per heavy atom. The van der Waals surface area contributed by atoms with Gasteiger partial charge < -0.3 is 0 Å². The molecule has 0 saturated heterocycles. The monoisotopic (exact) mass is 261 g/mol. The van der Waals surface area contributed by atoms with Crippen molar-refractivity contribution < 1.29 is 0 Å². The summed E-state index contributed by atoms with van der Waals surface area (Å²) < 4.78 is 0. The van der Waals surface area contributed by atoms with Gasteiger partial charge in [-0.05, 0) is 29.4 Å². The molecular formula is C19H19N. The topological polar surface area (TPSA) is 12.9 Å². The third kappa shape index (κ3) is 2.09. The number of hydrogen-bond acceptors (Lipinski definition) is 1. The molecule has 0 saturated carbocycles. The summed E-state index contributed by atoms with van der Waals surface area (Å²) in [5, 5.41) is 2.52. The van der Waals surface area contributed by atoms with Crippen molar-refractivity contribution in [1.29, 1.82) is 0 Å². The predicted molar refractivity (Wildman–Crippen MR) is 86.0 cm³/mol. The fourth-order valence-electron chi connectivity index (χ4n) is 2.76. The van der Waals surface area contributed by atoms with Crippen LogP contribution < -0.4 is 0 Å². The molecule has 0 spiro atoms. The van der Waals surface area contributed by atoms with Gasteiger partial charge in [0.2, 0.25) is 0 Å². The van der Waals surface area contributed by atoms with Gasteiger partial charge in [-0.15, -0.1) is 0 Å². The number of aryl methyl sites for hydroxylation is 1. The smallest absolute Gasteiger partial charge is 0.0783 e. The molecule has 1 nitrogen and oxygen atoms in total. The van der Waals surface area contributed by atoms with E-state index in [0.717, 1.165) is 5.69 Å². The fraction of sp³-hybridized carbons (Fsp3) is 0.211. The molecule has 1 heterocycles. The molecule has 20 heavy (non-hydrogen) atoms. The normalized spacial score (nSPS) is 11.2. The maximum absolute atomic E-state index is 4.72. The lowest BCUT2D eigenvalue weighted by atomic mass is 9.92. The minimum atomic E-state index is 0.494. The molecule has 0 N–H and O–H groups in total. The number of rotatable bonds is 2. The molecular weight excluding hydrogens is 242 g/mol. The zero-order valence-electron chi connectivity index (χ0n) is 12.2. The quantitative estimate of drug-likeness (QED) is 0.607. The van der Waals surface area contributed by atoms with E-state index in [1.807, 2.05) is 6.20 Å². The van der Waals surface area contributed by atoms with E-state index in [1.54, 1.807) is 0 Å². The summed E-state index contributed by atoms with van der Waals surface area (Å²) >= 11 is 0. The highest BCUT2D eigenvalue weighted by Crippen LogP contribution is 2.33. The summed E-state index contributed by atoms with van der Waals surface area (Å²) in [7, 11) is 0. The Hall–Kier alpha value is -2.15. The first-order chi connectivity index (χ1) is 9.68. The number of hydrogen-bond donors (Lipinski definition) is 0. The van der Waals surface area contributed by atoms with Crippen LogP contribution in [-0.2, 0) is 0 Å². The van der Waals surface area contributed by atoms with Gasteiger partial charge >= 0.3 is 0 Å². The first-order valence-corrected chi connectivity index (χ1v) is 7.12. The van der Waals surface area contributed by atoms with Crippen molar-refractivity contribution in [2.75, 3.05) is 0 Å². The molecule has 0 atom stereocenters. The van der Waals surface area contributed by atoms with Crippen LogP contribution in [0.4, 0.5) is 0 Å². The largest absolute Gasteiger partial charge is 0.255 e. The average Bonchev–Trinajstić information content (AvgIpc) is 2.48. The van der Waals surface area contributed by atoms with Crippen LogP contribution >= 0.6 is 0 Å².